The number of nitrogens with one attached hydrogen (secondary N) is 1. The van der Waals surface area contributed by atoms with Gasteiger partial charge < -0.3 is 20.2 Å². The summed E-state index contributed by atoms with van der Waals surface area (Å²) < 4.78 is 10.5. The first-order valence-electron chi connectivity index (χ1n) is 3.29. The van der Waals surface area contributed by atoms with Crippen LogP contribution in [0.3, 0.4) is 0 Å². The van der Waals surface area contributed by atoms with Crippen LogP contribution in [0, 0.1) is 0 Å². The third kappa shape index (κ3) is 3.82. The van der Waals surface area contributed by atoms with Gasteiger partial charge in [0.05, 0.1) is 0 Å². The van der Waals surface area contributed by atoms with E-state index in [0.717, 1.165) is 0 Å². The van der Waals surface area contributed by atoms with Crippen molar-refractivity contribution in [1.82, 2.24) is 5.32 Å². The molecule has 0 aliphatic carbocycles. The molecular weight excluding hydrogens is 185 g/mol. The number of aliphatic hydroxyl groups is 1. The molecule has 0 fully saturated rings. The van der Waals surface area contributed by atoms with Crippen LogP contribution >= 0.6 is 7.60 Å². The zero-order chi connectivity index (χ0) is 9.94. The average Bonchev–Trinajstić information content (AvgIpc) is 1.85. The van der Waals surface area contributed by atoms with Crippen LogP contribution in [0.2, 0.25) is 0 Å². The molecule has 7 heteroatoms. The number of amides is 1. The quantitative estimate of drug-likeness (QED) is 0.434. The molecule has 0 rings (SSSR count). The largest absolute Gasteiger partial charge is 0.384 e. The van der Waals surface area contributed by atoms with Crippen molar-refractivity contribution in [2.24, 2.45) is 0 Å². The van der Waals surface area contributed by atoms with Crippen LogP contribution < -0.4 is 5.32 Å². The van der Waals surface area contributed by atoms with Crippen molar-refractivity contribution >= 4 is 13.5 Å². The fourth-order valence-corrected chi connectivity index (χ4v) is 0.706. The van der Waals surface area contributed by atoms with Crippen molar-refractivity contribution in [2.75, 3.05) is 0 Å². The molecule has 0 spiro atoms. The molecule has 0 saturated carbocycles. The summed E-state index contributed by atoms with van der Waals surface area (Å²) in [5, 5.41) is 10.6. The van der Waals surface area contributed by atoms with E-state index in [-0.39, 0.29) is 0 Å². The first-order chi connectivity index (χ1) is 5.25. The lowest BCUT2D eigenvalue weighted by molar-refractivity contribution is -0.128. The third-order valence-corrected chi connectivity index (χ3v) is 2.37. The van der Waals surface area contributed by atoms with Gasteiger partial charge in [-0.3, -0.25) is 9.36 Å². The Morgan fingerprint density at radius 3 is 2.08 bits per heavy atom. The molecule has 0 saturated heterocycles. The van der Waals surface area contributed by atoms with E-state index in [1.54, 1.807) is 0 Å². The smallest absolute Gasteiger partial charge is 0.347 e. The third-order valence-electron chi connectivity index (χ3n) is 1.24. The lowest BCUT2D eigenvalue weighted by atomic mass is 10.4. The first-order valence-corrected chi connectivity index (χ1v) is 4.97. The molecular formula is C5H12NO5P. The van der Waals surface area contributed by atoms with Crippen LogP contribution in [-0.4, -0.2) is 32.7 Å². The van der Waals surface area contributed by atoms with Crippen LogP contribution in [0.4, 0.5) is 0 Å². The highest BCUT2D eigenvalue weighted by molar-refractivity contribution is 7.52. The standard InChI is InChI=1S/C5H12NO5P/c1-3(7)5(8)6-4(2)12(9,10)11/h3-4,7H,1-2H3,(H,6,8)(H2,9,10,11)/t3-,4-/m1/s1. The Hall–Kier alpha value is -0.420. The molecule has 0 aliphatic rings. The number of aliphatic hydroxyl groups excluding tert-OH is 1. The van der Waals surface area contributed by atoms with Gasteiger partial charge in [-0.05, 0) is 13.8 Å². The van der Waals surface area contributed by atoms with Crippen LogP contribution in [0.15, 0.2) is 0 Å². The fraction of sp³-hybridized carbons (Fsp3) is 0.800. The molecule has 0 aromatic heterocycles. The van der Waals surface area contributed by atoms with Gasteiger partial charge in [-0.15, -0.1) is 0 Å². The Morgan fingerprint density at radius 1 is 1.42 bits per heavy atom. The number of rotatable bonds is 3. The van der Waals surface area contributed by atoms with Crippen molar-refractivity contribution in [3.8, 4) is 0 Å². The molecule has 0 aromatic rings. The highest BCUT2D eigenvalue weighted by Gasteiger charge is 2.26. The molecule has 0 radical (unpaired) electrons. The van der Waals surface area contributed by atoms with Gasteiger partial charge in [0.2, 0.25) is 5.91 Å². The van der Waals surface area contributed by atoms with Gasteiger partial charge in [-0.2, -0.15) is 0 Å². The van der Waals surface area contributed by atoms with Crippen LogP contribution in [0.1, 0.15) is 13.8 Å². The maximum Gasteiger partial charge on any atom is 0.347 e. The summed E-state index contributed by atoms with van der Waals surface area (Å²) in [5.41, 5.74) is 0. The minimum Gasteiger partial charge on any atom is -0.384 e. The van der Waals surface area contributed by atoms with Crippen molar-refractivity contribution in [3.05, 3.63) is 0 Å². The lowest BCUT2D eigenvalue weighted by Crippen LogP contribution is -2.38. The molecule has 2 atom stereocenters. The Morgan fingerprint density at radius 2 is 1.83 bits per heavy atom. The summed E-state index contributed by atoms with van der Waals surface area (Å²) in [6, 6.07) is 0. The Kier molecular flexibility index (Phi) is 3.86. The molecule has 0 bridgehead atoms. The SMILES string of the molecule is C[C@H](NC(=O)[C@@H](C)O)P(=O)(O)O. The zero-order valence-corrected chi connectivity index (χ0v) is 7.65. The normalized spacial score (nSPS) is 16.8. The van der Waals surface area contributed by atoms with E-state index in [9.17, 15) is 9.36 Å². The number of carbonyl (C=O) groups is 1. The minimum atomic E-state index is -4.29. The van der Waals surface area contributed by atoms with E-state index in [2.05, 4.69) is 0 Å². The highest BCUT2D eigenvalue weighted by Crippen LogP contribution is 2.38. The number of hydrogen-bond acceptors (Lipinski definition) is 3. The maximum absolute atomic E-state index is 10.7. The van der Waals surface area contributed by atoms with E-state index < -0.39 is 25.4 Å². The molecule has 0 aromatic carbocycles. The van der Waals surface area contributed by atoms with Gasteiger partial charge in [0.25, 0.3) is 0 Å². The van der Waals surface area contributed by atoms with Crippen LogP contribution in [0.25, 0.3) is 0 Å². The van der Waals surface area contributed by atoms with Crippen molar-refractivity contribution in [3.63, 3.8) is 0 Å². The predicted octanol–water partition coefficient (Wildman–Crippen LogP) is -0.993. The van der Waals surface area contributed by atoms with E-state index in [4.69, 9.17) is 14.9 Å². The summed E-state index contributed by atoms with van der Waals surface area (Å²) in [7, 11) is -4.29. The molecule has 0 unspecified atom stereocenters. The monoisotopic (exact) mass is 197 g/mol. The number of hydrogen-bond donors (Lipinski definition) is 4. The minimum absolute atomic E-state index is 0.800. The molecule has 4 N–H and O–H groups in total. The van der Waals surface area contributed by atoms with Gasteiger partial charge in [0.1, 0.15) is 11.9 Å². The predicted molar refractivity (Wildman–Crippen MR) is 41.3 cm³/mol. The van der Waals surface area contributed by atoms with Crippen molar-refractivity contribution < 1.29 is 24.3 Å². The summed E-state index contributed by atoms with van der Waals surface area (Å²) in [5.74, 6) is -2.06. The average molecular weight is 197 g/mol. The highest BCUT2D eigenvalue weighted by atomic mass is 31.2. The van der Waals surface area contributed by atoms with E-state index >= 15 is 0 Å². The number of carbonyl (C=O) groups excluding carboxylic acids is 1. The first kappa shape index (κ1) is 11.6. The van der Waals surface area contributed by atoms with Gasteiger partial charge in [-0.1, -0.05) is 0 Å². The van der Waals surface area contributed by atoms with E-state index in [1.165, 1.54) is 13.8 Å². The molecule has 12 heavy (non-hydrogen) atoms. The molecule has 1 amide bonds. The Balaban J connectivity index is 4.11. The topological polar surface area (TPSA) is 107 Å². The summed E-state index contributed by atoms with van der Waals surface area (Å²) >= 11 is 0. The summed E-state index contributed by atoms with van der Waals surface area (Å²) in [6.45, 7) is 2.38. The van der Waals surface area contributed by atoms with E-state index in [1.807, 2.05) is 5.32 Å². The second kappa shape index (κ2) is 4.00. The maximum atomic E-state index is 10.7. The zero-order valence-electron chi connectivity index (χ0n) is 6.76. The van der Waals surface area contributed by atoms with Gasteiger partial charge in [0, 0.05) is 0 Å². The molecule has 0 heterocycles. The van der Waals surface area contributed by atoms with Gasteiger partial charge >= 0.3 is 7.60 Å². The fourth-order valence-electron chi connectivity index (χ4n) is 0.411. The van der Waals surface area contributed by atoms with Crippen LogP contribution in [-0.2, 0) is 9.36 Å². The van der Waals surface area contributed by atoms with Gasteiger partial charge in [0.15, 0.2) is 0 Å². The van der Waals surface area contributed by atoms with E-state index in [0.29, 0.717) is 0 Å². The van der Waals surface area contributed by atoms with Crippen molar-refractivity contribution in [1.29, 1.82) is 0 Å². The Labute approximate surface area is 69.8 Å². The molecule has 72 valence electrons. The van der Waals surface area contributed by atoms with Crippen molar-refractivity contribution in [2.45, 2.75) is 25.7 Å². The van der Waals surface area contributed by atoms with Crippen LogP contribution in [0.5, 0.6) is 0 Å². The Bertz CT molecular complexity index is 210. The summed E-state index contributed by atoms with van der Waals surface area (Å²) in [6.07, 6.45) is -1.26. The molecule has 0 aliphatic heterocycles. The second-order valence-corrected chi connectivity index (χ2v) is 4.40. The lowest BCUT2D eigenvalue weighted by Gasteiger charge is -2.15. The summed E-state index contributed by atoms with van der Waals surface area (Å²) in [4.78, 5) is 27.8. The second-order valence-electron chi connectivity index (χ2n) is 2.45. The van der Waals surface area contributed by atoms with Gasteiger partial charge in [-0.25, -0.2) is 0 Å². The molecule has 6 nitrogen and oxygen atoms in total.